The van der Waals surface area contributed by atoms with Crippen molar-refractivity contribution in [3.63, 3.8) is 0 Å². The van der Waals surface area contributed by atoms with Crippen molar-refractivity contribution >= 4 is 11.9 Å². The molecule has 4 unspecified atom stereocenters. The van der Waals surface area contributed by atoms with Gasteiger partial charge < -0.3 is 19.7 Å². The molecule has 2 N–H and O–H groups in total. The summed E-state index contributed by atoms with van der Waals surface area (Å²) in [6, 6.07) is 0. The summed E-state index contributed by atoms with van der Waals surface area (Å²) in [5, 5.41) is 19.3. The standard InChI is InChI=1S/C16H10F12O6/c1-3-6(29)33-10-12(20,21)8(31,5-17)11(18,19)9(32,13(10,22)23)14(24,25)16(28,15(10,26)27)34-7(30)4-2/h3-4,31-32H,1-2,5H2. The molecule has 6 nitrogen and oxygen atoms in total. The third-order valence-corrected chi connectivity index (χ3v) is 5.56. The maximum atomic E-state index is 15.2. The van der Waals surface area contributed by atoms with E-state index in [-0.39, 0.29) is 0 Å². The zero-order valence-corrected chi connectivity index (χ0v) is 15.8. The molecule has 0 radical (unpaired) electrons. The number of esters is 2. The molecular weight excluding hydrogens is 516 g/mol. The van der Waals surface area contributed by atoms with Crippen molar-refractivity contribution in [3.8, 4) is 0 Å². The van der Waals surface area contributed by atoms with Crippen LogP contribution in [0, 0.1) is 0 Å². The average Bonchev–Trinajstić information content (AvgIpc) is 2.72. The van der Waals surface area contributed by atoms with Crippen LogP contribution < -0.4 is 0 Å². The van der Waals surface area contributed by atoms with Crippen molar-refractivity contribution in [2.24, 2.45) is 0 Å². The van der Waals surface area contributed by atoms with E-state index in [2.05, 4.69) is 22.6 Å². The first-order valence-corrected chi connectivity index (χ1v) is 8.27. The van der Waals surface area contributed by atoms with Crippen LogP contribution in [0.15, 0.2) is 25.3 Å². The van der Waals surface area contributed by atoms with Gasteiger partial charge in [0.2, 0.25) is 5.60 Å². The number of ether oxygens (including phenoxy) is 2. The van der Waals surface area contributed by atoms with Crippen LogP contribution in [0.3, 0.4) is 0 Å². The molecule has 0 saturated heterocycles. The normalized spacial score (nSPS) is 40.5. The van der Waals surface area contributed by atoms with Gasteiger partial charge in [-0.1, -0.05) is 13.2 Å². The lowest BCUT2D eigenvalue weighted by Gasteiger charge is -2.68. The summed E-state index contributed by atoms with van der Waals surface area (Å²) in [7, 11) is 0. The highest BCUT2D eigenvalue weighted by Gasteiger charge is 3.14. The van der Waals surface area contributed by atoms with E-state index in [1.807, 2.05) is 0 Å². The maximum Gasteiger partial charge on any atom is 0.385 e. The van der Waals surface area contributed by atoms with Crippen molar-refractivity contribution < 1.29 is 82.0 Å². The van der Waals surface area contributed by atoms with Crippen molar-refractivity contribution in [3.05, 3.63) is 25.3 Å². The van der Waals surface area contributed by atoms with Crippen molar-refractivity contribution in [2.45, 2.75) is 52.3 Å². The monoisotopic (exact) mass is 526 g/mol. The first-order valence-electron chi connectivity index (χ1n) is 8.27. The van der Waals surface area contributed by atoms with Gasteiger partial charge in [-0.25, -0.2) is 14.0 Å². The molecule has 2 fully saturated rings. The number of halogens is 12. The summed E-state index contributed by atoms with van der Waals surface area (Å²) in [5.74, 6) is -50.0. The zero-order valence-electron chi connectivity index (χ0n) is 15.8. The fraction of sp³-hybridized carbons (Fsp3) is 0.625. The predicted molar refractivity (Wildman–Crippen MR) is 79.8 cm³/mol. The first-order chi connectivity index (χ1) is 15.0. The first kappa shape index (κ1) is 27.7. The van der Waals surface area contributed by atoms with E-state index in [0.717, 1.165) is 0 Å². The smallest absolute Gasteiger partial charge is 0.385 e. The third-order valence-electron chi connectivity index (χ3n) is 5.56. The molecule has 2 saturated carbocycles. The van der Waals surface area contributed by atoms with E-state index >= 15 is 30.7 Å². The molecular formula is C16H10F12O6. The van der Waals surface area contributed by atoms with Gasteiger partial charge in [0, 0.05) is 12.2 Å². The number of carbonyl (C=O) groups is 2. The van der Waals surface area contributed by atoms with Gasteiger partial charge in [0.1, 0.15) is 6.67 Å². The summed E-state index contributed by atoms with van der Waals surface area (Å²) >= 11 is 0. The molecule has 34 heavy (non-hydrogen) atoms. The lowest BCUT2D eigenvalue weighted by molar-refractivity contribution is -0.582. The molecule has 0 aromatic heterocycles. The summed E-state index contributed by atoms with van der Waals surface area (Å²) in [6.45, 7) is 0.998. The minimum Gasteiger partial charge on any atom is -0.436 e. The molecule has 0 heterocycles. The van der Waals surface area contributed by atoms with Crippen LogP contribution in [0.25, 0.3) is 0 Å². The molecule has 4 atom stereocenters. The van der Waals surface area contributed by atoms with E-state index in [1.165, 1.54) is 0 Å². The van der Waals surface area contributed by atoms with E-state index < -0.39 is 83.0 Å². The van der Waals surface area contributed by atoms with Crippen LogP contribution in [-0.2, 0) is 19.1 Å². The second-order valence-corrected chi connectivity index (χ2v) is 7.10. The molecule has 194 valence electrons. The molecule has 2 aliphatic rings. The minimum absolute atomic E-state index is 0.434. The lowest BCUT2D eigenvalue weighted by atomic mass is 9.50. The second-order valence-electron chi connectivity index (χ2n) is 7.10. The molecule has 2 aliphatic carbocycles. The topological polar surface area (TPSA) is 93.1 Å². The number of aliphatic hydroxyl groups is 2. The van der Waals surface area contributed by atoms with Gasteiger partial charge >= 0.3 is 53.0 Å². The van der Waals surface area contributed by atoms with Gasteiger partial charge in [0.25, 0.3) is 5.60 Å². The van der Waals surface area contributed by atoms with Gasteiger partial charge in [-0.15, -0.1) is 0 Å². The SMILES string of the molecule is C=CC(=O)OC1(F)C(F)(F)C2(O)C(F)(F)C(O)(CF)C(F)(F)C(OC(=O)C=C)(C1(F)F)C2(F)F. The number of carbonyl (C=O) groups excluding carboxylic acids is 2. The highest BCUT2D eigenvalue weighted by atomic mass is 19.3. The number of alkyl halides is 12. The maximum absolute atomic E-state index is 15.2. The highest BCUT2D eigenvalue weighted by Crippen LogP contribution is 2.79. The van der Waals surface area contributed by atoms with Gasteiger partial charge in [-0.3, -0.25) is 0 Å². The summed E-state index contributed by atoms with van der Waals surface area (Å²) in [6.07, 6.45) is -0.934. The van der Waals surface area contributed by atoms with E-state index in [0.29, 0.717) is 0 Å². The Kier molecular flexibility index (Phi) is 5.54. The Hall–Kier alpha value is -2.50. The molecule has 2 bridgehead atoms. The number of hydrogen-bond acceptors (Lipinski definition) is 6. The van der Waals surface area contributed by atoms with Crippen LogP contribution >= 0.6 is 0 Å². The van der Waals surface area contributed by atoms with Crippen LogP contribution in [0.2, 0.25) is 0 Å². The van der Waals surface area contributed by atoms with Crippen LogP contribution in [0.4, 0.5) is 52.7 Å². The van der Waals surface area contributed by atoms with Crippen molar-refractivity contribution in [1.82, 2.24) is 0 Å². The van der Waals surface area contributed by atoms with E-state index in [9.17, 15) is 41.8 Å². The van der Waals surface area contributed by atoms with E-state index in [1.54, 1.807) is 0 Å². The predicted octanol–water partition coefficient (Wildman–Crippen LogP) is 2.48. The van der Waals surface area contributed by atoms with Crippen LogP contribution in [-0.4, -0.2) is 81.1 Å². The molecule has 0 aromatic carbocycles. The molecule has 2 rings (SSSR count). The minimum atomic E-state index is -7.54. The fourth-order valence-electron chi connectivity index (χ4n) is 3.74. The summed E-state index contributed by atoms with van der Waals surface area (Å²) < 4.78 is 184. The Morgan fingerprint density at radius 3 is 1.47 bits per heavy atom. The average molecular weight is 526 g/mol. The van der Waals surface area contributed by atoms with Crippen LogP contribution in [0.5, 0.6) is 0 Å². The van der Waals surface area contributed by atoms with Crippen molar-refractivity contribution in [2.75, 3.05) is 6.67 Å². The second kappa shape index (κ2) is 6.79. The summed E-state index contributed by atoms with van der Waals surface area (Å²) in [4.78, 5) is 22.6. The Labute approximate surface area is 179 Å². The van der Waals surface area contributed by atoms with E-state index in [4.69, 9.17) is 0 Å². The summed E-state index contributed by atoms with van der Waals surface area (Å²) in [5.41, 5.74) is -20.8. The van der Waals surface area contributed by atoms with Crippen molar-refractivity contribution in [1.29, 1.82) is 0 Å². The Bertz CT molecular complexity index is 953. The Morgan fingerprint density at radius 1 is 0.676 bits per heavy atom. The Morgan fingerprint density at radius 2 is 1.09 bits per heavy atom. The molecule has 0 aliphatic heterocycles. The Balaban J connectivity index is 3.32. The quantitative estimate of drug-likeness (QED) is 0.325. The molecule has 0 aromatic rings. The lowest BCUT2D eigenvalue weighted by Crippen LogP contribution is -3.03. The molecule has 18 heteroatoms. The van der Waals surface area contributed by atoms with Gasteiger partial charge in [0.15, 0.2) is 0 Å². The van der Waals surface area contributed by atoms with Gasteiger partial charge in [-0.2, -0.15) is 48.3 Å². The zero-order chi connectivity index (χ0) is 27.2. The van der Waals surface area contributed by atoms with Crippen LogP contribution in [0.1, 0.15) is 0 Å². The molecule has 0 amide bonds. The molecule has 0 spiro atoms. The largest absolute Gasteiger partial charge is 0.436 e. The highest BCUT2D eigenvalue weighted by molar-refractivity contribution is 5.83. The number of hydrogen-bond donors (Lipinski definition) is 2. The third kappa shape index (κ3) is 2.19. The van der Waals surface area contributed by atoms with Gasteiger partial charge in [-0.05, 0) is 0 Å². The fourth-order valence-corrected chi connectivity index (χ4v) is 3.74. The number of fused-ring (bicyclic) bond motifs is 2. The number of rotatable bonds is 5. The van der Waals surface area contributed by atoms with Gasteiger partial charge in [0.05, 0.1) is 0 Å².